The van der Waals surface area contributed by atoms with Crippen molar-refractivity contribution < 1.29 is 13.2 Å². The van der Waals surface area contributed by atoms with Gasteiger partial charge in [0, 0.05) is 4.47 Å². The van der Waals surface area contributed by atoms with Gasteiger partial charge in [-0.15, -0.1) is 0 Å². The van der Waals surface area contributed by atoms with E-state index in [2.05, 4.69) is 22.0 Å². The molecule has 0 fully saturated rings. The number of hydrogen-bond donors (Lipinski definition) is 0. The van der Waals surface area contributed by atoms with Crippen LogP contribution in [0.3, 0.4) is 0 Å². The average Bonchev–Trinajstić information content (AvgIpc) is 1.82. The Kier molecular flexibility index (Phi) is 2.68. The molecule has 1 aromatic carbocycles. The standard InChI is InChI=1S/C7H2BrClF3/c8-4-2-1-3-5(9)6(4)7(10,11)12/h2-3H. The van der Waals surface area contributed by atoms with E-state index in [1.54, 1.807) is 0 Å². The maximum absolute atomic E-state index is 12.2. The minimum atomic E-state index is -4.43. The molecule has 0 saturated heterocycles. The number of hydrogen-bond acceptors (Lipinski definition) is 0. The predicted molar refractivity (Wildman–Crippen MR) is 43.0 cm³/mol. The number of halogens is 5. The molecule has 0 saturated carbocycles. The van der Waals surface area contributed by atoms with E-state index >= 15 is 0 Å². The number of rotatable bonds is 0. The van der Waals surface area contributed by atoms with Gasteiger partial charge >= 0.3 is 6.18 Å². The molecular weight excluding hydrogens is 256 g/mol. The van der Waals surface area contributed by atoms with Gasteiger partial charge in [-0.05, 0) is 18.2 Å². The van der Waals surface area contributed by atoms with Crippen LogP contribution >= 0.6 is 27.5 Å². The molecule has 0 atom stereocenters. The molecule has 0 amide bonds. The summed E-state index contributed by atoms with van der Waals surface area (Å²) in [6.07, 6.45) is -4.43. The molecule has 65 valence electrons. The highest BCUT2D eigenvalue weighted by molar-refractivity contribution is 9.10. The zero-order chi connectivity index (χ0) is 9.35. The van der Waals surface area contributed by atoms with E-state index in [4.69, 9.17) is 11.6 Å². The molecule has 0 aliphatic carbocycles. The van der Waals surface area contributed by atoms with Crippen LogP contribution in [0.4, 0.5) is 13.2 Å². The highest BCUT2D eigenvalue weighted by atomic mass is 79.9. The van der Waals surface area contributed by atoms with Gasteiger partial charge in [-0.3, -0.25) is 0 Å². The van der Waals surface area contributed by atoms with E-state index < -0.39 is 11.7 Å². The van der Waals surface area contributed by atoms with Crippen molar-refractivity contribution >= 4 is 27.5 Å². The zero-order valence-corrected chi connectivity index (χ0v) is 7.89. The third-order valence-corrected chi connectivity index (χ3v) is 2.10. The van der Waals surface area contributed by atoms with Crippen molar-refractivity contribution in [3.05, 3.63) is 33.3 Å². The lowest BCUT2D eigenvalue weighted by molar-refractivity contribution is -0.138. The molecule has 1 aromatic rings. The molecular formula is C7H2BrClF3. The summed E-state index contributed by atoms with van der Waals surface area (Å²) in [7, 11) is 0. The molecule has 1 rings (SSSR count). The second kappa shape index (κ2) is 3.26. The van der Waals surface area contributed by atoms with Crippen molar-refractivity contribution in [1.29, 1.82) is 0 Å². The van der Waals surface area contributed by atoms with Crippen molar-refractivity contribution in [1.82, 2.24) is 0 Å². The Morgan fingerprint density at radius 2 is 1.92 bits per heavy atom. The quantitative estimate of drug-likeness (QED) is 0.661. The van der Waals surface area contributed by atoms with E-state index in [-0.39, 0.29) is 9.50 Å². The monoisotopic (exact) mass is 257 g/mol. The Labute approximate surface area is 80.5 Å². The van der Waals surface area contributed by atoms with Gasteiger partial charge < -0.3 is 0 Å². The molecule has 0 N–H and O–H groups in total. The van der Waals surface area contributed by atoms with Crippen LogP contribution in [0.25, 0.3) is 0 Å². The normalized spacial score (nSPS) is 11.8. The Bertz CT molecular complexity index is 275. The topological polar surface area (TPSA) is 0 Å². The smallest absolute Gasteiger partial charge is 0.166 e. The van der Waals surface area contributed by atoms with Crippen molar-refractivity contribution in [2.45, 2.75) is 6.18 Å². The van der Waals surface area contributed by atoms with Gasteiger partial charge in [0.25, 0.3) is 0 Å². The minimum Gasteiger partial charge on any atom is -0.166 e. The summed E-state index contributed by atoms with van der Waals surface area (Å²) in [5.41, 5.74) is -0.858. The van der Waals surface area contributed by atoms with Crippen LogP contribution in [0.15, 0.2) is 16.6 Å². The van der Waals surface area contributed by atoms with Crippen LogP contribution in [0.5, 0.6) is 0 Å². The van der Waals surface area contributed by atoms with E-state index in [9.17, 15) is 13.2 Å². The van der Waals surface area contributed by atoms with Crippen LogP contribution in [-0.4, -0.2) is 0 Å². The van der Waals surface area contributed by atoms with Gasteiger partial charge in [-0.1, -0.05) is 27.5 Å². The van der Waals surface area contributed by atoms with Crippen molar-refractivity contribution in [3.63, 3.8) is 0 Å². The molecule has 5 heteroatoms. The summed E-state index contributed by atoms with van der Waals surface area (Å²) in [4.78, 5) is 0. The molecule has 0 aliphatic heterocycles. The van der Waals surface area contributed by atoms with Crippen molar-refractivity contribution in [3.8, 4) is 0 Å². The lowest BCUT2D eigenvalue weighted by Gasteiger charge is -2.09. The van der Waals surface area contributed by atoms with Gasteiger partial charge in [0.1, 0.15) is 0 Å². The third-order valence-electron chi connectivity index (χ3n) is 1.18. The highest BCUT2D eigenvalue weighted by Crippen LogP contribution is 2.39. The molecule has 12 heavy (non-hydrogen) atoms. The van der Waals surface area contributed by atoms with Gasteiger partial charge in [0.05, 0.1) is 10.6 Å². The highest BCUT2D eigenvalue weighted by Gasteiger charge is 2.35. The fourth-order valence-electron chi connectivity index (χ4n) is 0.717. The van der Waals surface area contributed by atoms with Crippen LogP contribution in [0.1, 0.15) is 5.56 Å². The SMILES string of the molecule is FC(F)(F)c1c(Cl)c[c]cc1Br. The lowest BCUT2D eigenvalue weighted by Crippen LogP contribution is -2.06. The van der Waals surface area contributed by atoms with Gasteiger partial charge in [0.2, 0.25) is 0 Å². The molecule has 0 unspecified atom stereocenters. The second-order valence-electron chi connectivity index (χ2n) is 2.02. The number of alkyl halides is 3. The molecule has 0 heterocycles. The second-order valence-corrected chi connectivity index (χ2v) is 3.29. The Hall–Kier alpha value is -0.220. The van der Waals surface area contributed by atoms with E-state index in [1.165, 1.54) is 6.07 Å². The summed E-state index contributed by atoms with van der Waals surface area (Å²) < 4.78 is 36.4. The summed E-state index contributed by atoms with van der Waals surface area (Å²) in [6.45, 7) is 0. The largest absolute Gasteiger partial charge is 0.418 e. The van der Waals surface area contributed by atoms with Gasteiger partial charge in [-0.2, -0.15) is 13.2 Å². The fraction of sp³-hybridized carbons (Fsp3) is 0.143. The first-order valence-electron chi connectivity index (χ1n) is 2.85. The maximum Gasteiger partial charge on any atom is 0.418 e. The first kappa shape index (κ1) is 9.86. The van der Waals surface area contributed by atoms with E-state index in [0.717, 1.165) is 6.07 Å². The van der Waals surface area contributed by atoms with Crippen molar-refractivity contribution in [2.75, 3.05) is 0 Å². The molecule has 0 bridgehead atoms. The van der Waals surface area contributed by atoms with Crippen LogP contribution in [0.2, 0.25) is 5.02 Å². The minimum absolute atomic E-state index is 0.0949. The van der Waals surface area contributed by atoms with Crippen molar-refractivity contribution in [2.24, 2.45) is 0 Å². The fourth-order valence-corrected chi connectivity index (χ4v) is 1.67. The Morgan fingerprint density at radius 3 is 2.25 bits per heavy atom. The van der Waals surface area contributed by atoms with E-state index in [1.807, 2.05) is 0 Å². The van der Waals surface area contributed by atoms with Gasteiger partial charge in [0.15, 0.2) is 0 Å². The molecule has 0 aromatic heterocycles. The van der Waals surface area contributed by atoms with E-state index in [0.29, 0.717) is 0 Å². The zero-order valence-electron chi connectivity index (χ0n) is 5.54. The number of benzene rings is 1. The lowest BCUT2D eigenvalue weighted by atomic mass is 10.2. The van der Waals surface area contributed by atoms with Gasteiger partial charge in [-0.25, -0.2) is 0 Å². The third kappa shape index (κ3) is 1.93. The van der Waals surface area contributed by atoms with Crippen LogP contribution in [0, 0.1) is 6.07 Å². The van der Waals surface area contributed by atoms with Crippen LogP contribution < -0.4 is 0 Å². The molecule has 0 nitrogen and oxygen atoms in total. The average molecular weight is 258 g/mol. The summed E-state index contributed by atoms with van der Waals surface area (Å²) >= 11 is 8.08. The molecule has 0 spiro atoms. The summed E-state index contributed by atoms with van der Waals surface area (Å²) in [6, 6.07) is 4.72. The maximum atomic E-state index is 12.2. The Balaban J connectivity index is 3.31. The first-order chi connectivity index (χ1) is 5.43. The Morgan fingerprint density at radius 1 is 1.33 bits per heavy atom. The summed E-state index contributed by atoms with van der Waals surface area (Å²) in [5, 5.41) is -0.350. The van der Waals surface area contributed by atoms with Crippen LogP contribution in [-0.2, 0) is 6.18 Å². The predicted octanol–water partition coefficient (Wildman–Crippen LogP) is 3.92. The molecule has 0 aliphatic rings. The first-order valence-corrected chi connectivity index (χ1v) is 4.02. The molecule has 1 radical (unpaired) electrons. The summed E-state index contributed by atoms with van der Waals surface area (Å²) in [5.74, 6) is 0.